The smallest absolute Gasteiger partial charge is 0.230 e. The molecule has 3 aromatic carbocycles. The van der Waals surface area contributed by atoms with Gasteiger partial charge in [-0.3, -0.25) is 4.79 Å². The van der Waals surface area contributed by atoms with Crippen LogP contribution in [0.25, 0.3) is 11.3 Å². The van der Waals surface area contributed by atoms with Crippen LogP contribution in [-0.2, 0) is 11.2 Å². The van der Waals surface area contributed by atoms with Gasteiger partial charge in [0, 0.05) is 33.7 Å². The second-order valence-corrected chi connectivity index (χ2v) is 6.92. The van der Waals surface area contributed by atoms with Gasteiger partial charge in [-0.2, -0.15) is 0 Å². The molecule has 144 valence electrons. The van der Waals surface area contributed by atoms with Gasteiger partial charge in [0.2, 0.25) is 5.91 Å². The molecule has 0 aliphatic carbocycles. The Hall–Kier alpha value is -3.57. The van der Waals surface area contributed by atoms with Gasteiger partial charge in [-0.25, -0.2) is 0 Å². The second-order valence-electron chi connectivity index (χ2n) is 6.48. The van der Waals surface area contributed by atoms with Crippen LogP contribution >= 0.6 is 11.6 Å². The highest BCUT2D eigenvalue weighted by Crippen LogP contribution is 2.23. The van der Waals surface area contributed by atoms with E-state index < -0.39 is 0 Å². The normalized spacial score (nSPS) is 10.5. The second kappa shape index (κ2) is 8.63. The number of carbonyl (C=O) groups excluding carboxylic acids is 1. The Morgan fingerprint density at radius 3 is 2.24 bits per heavy atom. The van der Waals surface area contributed by atoms with Crippen LogP contribution in [0.3, 0.4) is 0 Å². The van der Waals surface area contributed by atoms with Crippen LogP contribution in [-0.4, -0.2) is 11.1 Å². The molecule has 0 unspecified atom stereocenters. The number of hydrogen-bond donors (Lipinski definition) is 2. The summed E-state index contributed by atoms with van der Waals surface area (Å²) in [7, 11) is 0. The highest BCUT2D eigenvalue weighted by atomic mass is 35.5. The van der Waals surface area contributed by atoms with E-state index in [1.54, 1.807) is 18.2 Å². The van der Waals surface area contributed by atoms with Crippen molar-refractivity contribution in [2.75, 3.05) is 10.6 Å². The average Bonchev–Trinajstić information content (AvgIpc) is 3.19. The van der Waals surface area contributed by atoms with Crippen LogP contribution in [0.15, 0.2) is 89.5 Å². The van der Waals surface area contributed by atoms with Gasteiger partial charge in [0.1, 0.15) is 0 Å². The maximum Gasteiger partial charge on any atom is 0.230 e. The van der Waals surface area contributed by atoms with Crippen LogP contribution in [0.5, 0.6) is 0 Å². The van der Waals surface area contributed by atoms with Gasteiger partial charge >= 0.3 is 0 Å². The standard InChI is InChI=1S/C23H18ClN3O2/c24-17-8-6-16(7-9-17)22-14-21(27-29-22)15-23(28)26-20-12-10-19(11-13-20)25-18-4-2-1-3-5-18/h1-14,25H,15H2,(H,26,28). The number of hydrogen-bond acceptors (Lipinski definition) is 4. The summed E-state index contributed by atoms with van der Waals surface area (Å²) in [4.78, 5) is 12.3. The van der Waals surface area contributed by atoms with Crippen molar-refractivity contribution in [1.29, 1.82) is 0 Å². The van der Waals surface area contributed by atoms with Gasteiger partial charge in [-0.05, 0) is 60.7 Å². The van der Waals surface area contributed by atoms with Crippen molar-refractivity contribution in [1.82, 2.24) is 5.16 Å². The molecule has 0 radical (unpaired) electrons. The van der Waals surface area contributed by atoms with E-state index in [-0.39, 0.29) is 12.3 Å². The molecule has 0 aliphatic heterocycles. The maximum absolute atomic E-state index is 12.3. The first kappa shape index (κ1) is 18.8. The molecule has 4 rings (SSSR count). The molecule has 1 amide bonds. The highest BCUT2D eigenvalue weighted by molar-refractivity contribution is 6.30. The number of halogens is 1. The zero-order chi connectivity index (χ0) is 20.1. The molecule has 5 nitrogen and oxygen atoms in total. The molecule has 0 saturated heterocycles. The minimum absolute atomic E-state index is 0.126. The summed E-state index contributed by atoms with van der Waals surface area (Å²) < 4.78 is 5.33. The number of nitrogens with one attached hydrogen (secondary N) is 2. The van der Waals surface area contributed by atoms with Crippen molar-refractivity contribution in [3.05, 3.63) is 95.6 Å². The fraction of sp³-hybridized carbons (Fsp3) is 0.0435. The summed E-state index contributed by atoms with van der Waals surface area (Å²) in [6.07, 6.45) is 0.126. The molecule has 1 heterocycles. The van der Waals surface area contributed by atoms with E-state index in [2.05, 4.69) is 15.8 Å². The summed E-state index contributed by atoms with van der Waals surface area (Å²) in [6.45, 7) is 0. The molecular formula is C23H18ClN3O2. The SMILES string of the molecule is O=C(Cc1cc(-c2ccc(Cl)cc2)on1)Nc1ccc(Nc2ccccc2)cc1. The largest absolute Gasteiger partial charge is 0.356 e. The Morgan fingerprint density at radius 1 is 0.862 bits per heavy atom. The molecule has 4 aromatic rings. The van der Waals surface area contributed by atoms with Crippen molar-refractivity contribution in [3.8, 4) is 11.3 Å². The van der Waals surface area contributed by atoms with Crippen molar-refractivity contribution in [3.63, 3.8) is 0 Å². The Morgan fingerprint density at radius 2 is 1.52 bits per heavy atom. The topological polar surface area (TPSA) is 67.2 Å². The summed E-state index contributed by atoms with van der Waals surface area (Å²) >= 11 is 5.90. The van der Waals surface area contributed by atoms with E-state index in [4.69, 9.17) is 16.1 Å². The first-order chi connectivity index (χ1) is 14.2. The van der Waals surface area contributed by atoms with Crippen LogP contribution in [0.1, 0.15) is 5.69 Å². The van der Waals surface area contributed by atoms with Crippen LogP contribution < -0.4 is 10.6 Å². The first-order valence-corrected chi connectivity index (χ1v) is 9.47. The van der Waals surface area contributed by atoms with E-state index in [0.717, 1.165) is 22.6 Å². The Balaban J connectivity index is 1.34. The van der Waals surface area contributed by atoms with E-state index in [9.17, 15) is 4.79 Å². The third-order valence-electron chi connectivity index (χ3n) is 4.26. The third kappa shape index (κ3) is 5.03. The third-order valence-corrected chi connectivity index (χ3v) is 4.51. The fourth-order valence-electron chi connectivity index (χ4n) is 2.84. The van der Waals surface area contributed by atoms with E-state index in [0.29, 0.717) is 16.5 Å². The summed E-state index contributed by atoms with van der Waals surface area (Å²) in [5, 5.41) is 10.8. The van der Waals surface area contributed by atoms with Gasteiger partial charge in [-0.15, -0.1) is 0 Å². The predicted molar refractivity (Wildman–Crippen MR) is 115 cm³/mol. The minimum atomic E-state index is -0.162. The van der Waals surface area contributed by atoms with Crippen LogP contribution in [0.2, 0.25) is 5.02 Å². The number of anilines is 3. The number of nitrogens with zero attached hydrogens (tertiary/aromatic N) is 1. The lowest BCUT2D eigenvalue weighted by molar-refractivity contribution is -0.115. The number of amides is 1. The van der Waals surface area contributed by atoms with Crippen LogP contribution in [0.4, 0.5) is 17.1 Å². The number of benzene rings is 3. The molecule has 0 spiro atoms. The van der Waals surface area contributed by atoms with Gasteiger partial charge in [0.05, 0.1) is 12.1 Å². The first-order valence-electron chi connectivity index (χ1n) is 9.09. The quantitative estimate of drug-likeness (QED) is 0.419. The lowest BCUT2D eigenvalue weighted by Crippen LogP contribution is -2.14. The summed E-state index contributed by atoms with van der Waals surface area (Å²) in [5.41, 5.74) is 4.09. The van der Waals surface area contributed by atoms with E-state index in [1.807, 2.05) is 66.7 Å². The molecule has 6 heteroatoms. The van der Waals surface area contributed by atoms with Crippen LogP contribution in [0, 0.1) is 0 Å². The van der Waals surface area contributed by atoms with Gasteiger partial charge in [-0.1, -0.05) is 35.0 Å². The van der Waals surface area contributed by atoms with Crippen molar-refractivity contribution in [2.24, 2.45) is 0 Å². The Labute approximate surface area is 173 Å². The molecule has 2 N–H and O–H groups in total. The van der Waals surface area contributed by atoms with Crippen molar-refractivity contribution >= 4 is 34.6 Å². The number of carbonyl (C=O) groups is 1. The lowest BCUT2D eigenvalue weighted by Gasteiger charge is -2.08. The van der Waals surface area contributed by atoms with Gasteiger partial charge in [0.25, 0.3) is 0 Å². The molecule has 0 atom stereocenters. The zero-order valence-electron chi connectivity index (χ0n) is 15.4. The maximum atomic E-state index is 12.3. The van der Waals surface area contributed by atoms with Crippen molar-refractivity contribution < 1.29 is 9.32 Å². The molecule has 0 saturated carbocycles. The monoisotopic (exact) mass is 403 g/mol. The molecule has 0 bridgehead atoms. The van der Waals surface area contributed by atoms with Gasteiger partial charge in [0.15, 0.2) is 5.76 Å². The molecular weight excluding hydrogens is 386 g/mol. The predicted octanol–water partition coefficient (Wildman–Crippen LogP) is 5.92. The fourth-order valence-corrected chi connectivity index (χ4v) is 2.97. The molecule has 1 aromatic heterocycles. The summed E-state index contributed by atoms with van der Waals surface area (Å²) in [6, 6.07) is 26.4. The highest BCUT2D eigenvalue weighted by Gasteiger charge is 2.11. The van der Waals surface area contributed by atoms with Gasteiger partial charge < -0.3 is 15.2 Å². The molecule has 0 aliphatic rings. The molecule has 0 fully saturated rings. The zero-order valence-corrected chi connectivity index (χ0v) is 16.2. The number of para-hydroxylation sites is 1. The number of aromatic nitrogens is 1. The molecule has 29 heavy (non-hydrogen) atoms. The Kier molecular flexibility index (Phi) is 5.59. The summed E-state index contributed by atoms with van der Waals surface area (Å²) in [5.74, 6) is 0.436. The lowest BCUT2D eigenvalue weighted by atomic mass is 10.1. The van der Waals surface area contributed by atoms with E-state index >= 15 is 0 Å². The van der Waals surface area contributed by atoms with E-state index in [1.165, 1.54) is 0 Å². The average molecular weight is 404 g/mol. The minimum Gasteiger partial charge on any atom is -0.356 e. The Bertz CT molecular complexity index is 1090. The number of rotatable bonds is 6. The van der Waals surface area contributed by atoms with Crippen molar-refractivity contribution in [2.45, 2.75) is 6.42 Å².